The number of carbonyl (C=O) groups is 1. The average Bonchev–Trinajstić information content (AvgIpc) is 2.41. The van der Waals surface area contributed by atoms with Gasteiger partial charge in [0.2, 0.25) is 0 Å². The van der Waals surface area contributed by atoms with Gasteiger partial charge in [-0.05, 0) is 46.5 Å². The summed E-state index contributed by atoms with van der Waals surface area (Å²) in [4.78, 5) is 13.1. The first-order valence-electron chi connectivity index (χ1n) is 4.47. The molecule has 0 saturated heterocycles. The zero-order valence-electron chi connectivity index (χ0n) is 8.50. The van der Waals surface area contributed by atoms with E-state index in [4.69, 9.17) is 0 Å². The standard InChI is InChI=1S/C11H13BrOS/c1-7(2)9(6-13)4-10-5-11(12)8(3)14-10/h4-7H,1-3H3/b9-4-. The Labute approximate surface area is 97.0 Å². The quantitative estimate of drug-likeness (QED) is 0.599. The smallest absolute Gasteiger partial charge is 0.146 e. The first-order valence-corrected chi connectivity index (χ1v) is 6.08. The van der Waals surface area contributed by atoms with Crippen molar-refractivity contribution in [1.82, 2.24) is 0 Å². The van der Waals surface area contributed by atoms with E-state index < -0.39 is 0 Å². The normalized spacial score (nSPS) is 12.2. The minimum Gasteiger partial charge on any atom is -0.298 e. The van der Waals surface area contributed by atoms with E-state index in [1.165, 1.54) is 4.88 Å². The van der Waals surface area contributed by atoms with E-state index in [1.54, 1.807) is 11.3 Å². The minimum atomic E-state index is 0.286. The molecule has 76 valence electrons. The third-order valence-electron chi connectivity index (χ3n) is 1.99. The second-order valence-electron chi connectivity index (χ2n) is 3.47. The Morgan fingerprint density at radius 1 is 1.57 bits per heavy atom. The van der Waals surface area contributed by atoms with Crippen molar-refractivity contribution in [3.8, 4) is 0 Å². The van der Waals surface area contributed by atoms with Crippen LogP contribution in [-0.2, 0) is 4.79 Å². The van der Waals surface area contributed by atoms with E-state index in [0.717, 1.165) is 21.2 Å². The molecule has 1 aromatic rings. The first kappa shape index (κ1) is 11.7. The van der Waals surface area contributed by atoms with Gasteiger partial charge in [-0.3, -0.25) is 4.79 Å². The lowest BCUT2D eigenvalue weighted by Crippen LogP contribution is -1.93. The second-order valence-corrected chi connectivity index (χ2v) is 5.61. The van der Waals surface area contributed by atoms with Crippen molar-refractivity contribution in [3.63, 3.8) is 0 Å². The van der Waals surface area contributed by atoms with Crippen molar-refractivity contribution < 1.29 is 4.79 Å². The summed E-state index contributed by atoms with van der Waals surface area (Å²) in [6.07, 6.45) is 2.90. The molecule has 0 aliphatic heterocycles. The fourth-order valence-corrected chi connectivity index (χ4v) is 2.58. The van der Waals surface area contributed by atoms with Crippen molar-refractivity contribution >= 4 is 39.6 Å². The van der Waals surface area contributed by atoms with Gasteiger partial charge in [0.25, 0.3) is 0 Å². The molecule has 1 heterocycles. The van der Waals surface area contributed by atoms with Crippen LogP contribution in [0.3, 0.4) is 0 Å². The number of carbonyl (C=O) groups excluding carboxylic acids is 1. The van der Waals surface area contributed by atoms with Crippen molar-refractivity contribution in [1.29, 1.82) is 0 Å². The van der Waals surface area contributed by atoms with Gasteiger partial charge in [-0.1, -0.05) is 13.8 Å². The summed E-state index contributed by atoms with van der Waals surface area (Å²) in [7, 11) is 0. The fraction of sp³-hybridized carbons (Fsp3) is 0.364. The Balaban J connectivity index is 3.00. The van der Waals surface area contributed by atoms with E-state index in [2.05, 4.69) is 22.9 Å². The molecule has 0 aromatic carbocycles. The zero-order chi connectivity index (χ0) is 10.7. The maximum absolute atomic E-state index is 10.8. The summed E-state index contributed by atoms with van der Waals surface area (Å²) in [5, 5.41) is 0. The van der Waals surface area contributed by atoms with Crippen molar-refractivity contribution in [2.45, 2.75) is 20.8 Å². The van der Waals surface area contributed by atoms with E-state index >= 15 is 0 Å². The van der Waals surface area contributed by atoms with Gasteiger partial charge < -0.3 is 0 Å². The summed E-state index contributed by atoms with van der Waals surface area (Å²) < 4.78 is 1.11. The highest BCUT2D eigenvalue weighted by atomic mass is 79.9. The van der Waals surface area contributed by atoms with E-state index in [1.807, 2.05) is 26.0 Å². The van der Waals surface area contributed by atoms with Gasteiger partial charge in [-0.15, -0.1) is 11.3 Å². The molecule has 14 heavy (non-hydrogen) atoms. The third kappa shape index (κ3) is 2.79. The van der Waals surface area contributed by atoms with Crippen LogP contribution in [0.25, 0.3) is 6.08 Å². The van der Waals surface area contributed by atoms with Gasteiger partial charge in [0.15, 0.2) is 0 Å². The molecule has 0 spiro atoms. The monoisotopic (exact) mass is 272 g/mol. The van der Waals surface area contributed by atoms with Crippen LogP contribution in [0.15, 0.2) is 16.1 Å². The molecule has 0 amide bonds. The first-order chi connectivity index (χ1) is 6.54. The van der Waals surface area contributed by atoms with Gasteiger partial charge in [-0.2, -0.15) is 0 Å². The number of hydrogen-bond acceptors (Lipinski definition) is 2. The summed E-state index contributed by atoms with van der Waals surface area (Å²) in [6.45, 7) is 6.10. The van der Waals surface area contributed by atoms with Crippen LogP contribution in [0.4, 0.5) is 0 Å². The summed E-state index contributed by atoms with van der Waals surface area (Å²) in [5.41, 5.74) is 0.846. The van der Waals surface area contributed by atoms with Crippen molar-refractivity contribution in [2.24, 2.45) is 5.92 Å². The van der Waals surface area contributed by atoms with Gasteiger partial charge in [0, 0.05) is 14.2 Å². The SMILES string of the molecule is Cc1sc(/C=C(/C=O)C(C)C)cc1Br. The van der Waals surface area contributed by atoms with Gasteiger partial charge in [0.05, 0.1) is 0 Å². The number of aryl methyl sites for hydroxylation is 1. The van der Waals surface area contributed by atoms with Crippen molar-refractivity contribution in [2.75, 3.05) is 0 Å². The van der Waals surface area contributed by atoms with Gasteiger partial charge >= 0.3 is 0 Å². The summed E-state index contributed by atoms with van der Waals surface area (Å²) in [6, 6.07) is 2.05. The molecule has 0 fully saturated rings. The number of rotatable bonds is 3. The largest absolute Gasteiger partial charge is 0.298 e. The molecule has 0 unspecified atom stereocenters. The third-order valence-corrected chi connectivity index (χ3v) is 4.07. The van der Waals surface area contributed by atoms with Crippen molar-refractivity contribution in [3.05, 3.63) is 25.9 Å². The Hall–Kier alpha value is -0.410. The molecule has 0 aliphatic rings. The van der Waals surface area contributed by atoms with E-state index in [-0.39, 0.29) is 5.92 Å². The van der Waals surface area contributed by atoms with Crippen LogP contribution in [0.1, 0.15) is 23.6 Å². The van der Waals surface area contributed by atoms with Crippen LogP contribution in [-0.4, -0.2) is 6.29 Å². The number of allylic oxidation sites excluding steroid dienone is 1. The molecule has 1 nitrogen and oxygen atoms in total. The second kappa shape index (κ2) is 4.89. The highest BCUT2D eigenvalue weighted by Crippen LogP contribution is 2.28. The van der Waals surface area contributed by atoms with E-state index in [0.29, 0.717) is 0 Å². The lowest BCUT2D eigenvalue weighted by Gasteiger charge is -2.01. The highest BCUT2D eigenvalue weighted by Gasteiger charge is 2.04. The average molecular weight is 273 g/mol. The molecular formula is C11H13BrOS. The van der Waals surface area contributed by atoms with Crippen LogP contribution in [0.5, 0.6) is 0 Å². The molecule has 3 heteroatoms. The Kier molecular flexibility index (Phi) is 4.08. The molecular weight excluding hydrogens is 260 g/mol. The summed E-state index contributed by atoms with van der Waals surface area (Å²) >= 11 is 5.15. The Morgan fingerprint density at radius 2 is 2.21 bits per heavy atom. The van der Waals surface area contributed by atoms with Crippen LogP contribution >= 0.6 is 27.3 Å². The molecule has 1 rings (SSSR count). The van der Waals surface area contributed by atoms with E-state index in [9.17, 15) is 4.79 Å². The predicted molar refractivity (Wildman–Crippen MR) is 65.6 cm³/mol. The van der Waals surface area contributed by atoms with Gasteiger partial charge in [-0.25, -0.2) is 0 Å². The predicted octanol–water partition coefficient (Wildman–Crippen LogP) is 4.06. The van der Waals surface area contributed by atoms with Crippen LogP contribution in [0, 0.1) is 12.8 Å². The lowest BCUT2D eigenvalue weighted by atomic mass is 10.0. The van der Waals surface area contributed by atoms with Gasteiger partial charge in [0.1, 0.15) is 6.29 Å². The topological polar surface area (TPSA) is 17.1 Å². The number of thiophene rings is 1. The van der Waals surface area contributed by atoms with Crippen LogP contribution in [0.2, 0.25) is 0 Å². The number of halogens is 1. The fourth-order valence-electron chi connectivity index (χ4n) is 1.05. The molecule has 0 saturated carbocycles. The van der Waals surface area contributed by atoms with Crippen LogP contribution < -0.4 is 0 Å². The lowest BCUT2D eigenvalue weighted by molar-refractivity contribution is -0.105. The zero-order valence-corrected chi connectivity index (χ0v) is 10.9. The summed E-state index contributed by atoms with van der Waals surface area (Å²) in [5.74, 6) is 0.286. The number of aldehydes is 1. The minimum absolute atomic E-state index is 0.286. The molecule has 0 radical (unpaired) electrons. The molecule has 0 bridgehead atoms. The molecule has 0 aliphatic carbocycles. The Morgan fingerprint density at radius 3 is 2.57 bits per heavy atom. The number of hydrogen-bond donors (Lipinski definition) is 0. The highest BCUT2D eigenvalue weighted by molar-refractivity contribution is 9.10. The Bertz CT molecular complexity index is 344. The maximum atomic E-state index is 10.8. The molecule has 0 N–H and O–H groups in total. The molecule has 1 aromatic heterocycles. The maximum Gasteiger partial charge on any atom is 0.146 e. The molecule has 0 atom stereocenters.